The first-order chi connectivity index (χ1) is 24.5. The monoisotopic (exact) mass is 727 g/mol. The predicted molar refractivity (Wildman–Crippen MR) is 200 cm³/mol. The number of hydrogen-bond donors (Lipinski definition) is 4. The molecule has 0 saturated carbocycles. The number of piperidine rings is 1. The van der Waals surface area contributed by atoms with Crippen molar-refractivity contribution in [2.24, 2.45) is 0 Å². The van der Waals surface area contributed by atoms with Gasteiger partial charge >= 0.3 is 0 Å². The predicted octanol–water partition coefficient (Wildman–Crippen LogP) is 7.72. The molecule has 1 amide bonds. The number of hydrazine groups is 2. The van der Waals surface area contributed by atoms with E-state index in [0.29, 0.717) is 44.6 Å². The topological polar surface area (TPSA) is 112 Å². The number of halogens is 3. The highest BCUT2D eigenvalue weighted by molar-refractivity contribution is 6.36. The zero-order chi connectivity index (χ0) is 35.9. The van der Waals surface area contributed by atoms with Crippen molar-refractivity contribution in [2.45, 2.75) is 57.7 Å². The number of benzene rings is 3. The molecule has 3 aromatic carbocycles. The number of nitriles is 1. The zero-order valence-electron chi connectivity index (χ0n) is 28.7. The van der Waals surface area contributed by atoms with Gasteiger partial charge < -0.3 is 21.0 Å². The van der Waals surface area contributed by atoms with Crippen LogP contribution in [-0.4, -0.2) is 63.5 Å². The summed E-state index contributed by atoms with van der Waals surface area (Å²) < 4.78 is 14.0. The molecule has 0 unspecified atom stereocenters. The van der Waals surface area contributed by atoms with Crippen LogP contribution in [0.15, 0.2) is 72.7 Å². The van der Waals surface area contributed by atoms with E-state index in [-0.39, 0.29) is 22.0 Å². The molecule has 2 saturated heterocycles. The lowest BCUT2D eigenvalue weighted by molar-refractivity contribution is 0.0570. The Hall–Kier alpha value is -4.60. The van der Waals surface area contributed by atoms with Gasteiger partial charge in [0.2, 0.25) is 0 Å². The van der Waals surface area contributed by atoms with Crippen LogP contribution in [0.1, 0.15) is 67.6 Å². The highest BCUT2D eigenvalue weighted by atomic mass is 35.5. The number of carbonyl (C=O) groups excluding carboxylic acids is 1. The number of nitrogens with zero attached hydrogens (tertiary/aromatic N) is 5. The third-order valence-electron chi connectivity index (χ3n) is 9.88. The van der Waals surface area contributed by atoms with Crippen molar-refractivity contribution in [1.82, 2.24) is 30.8 Å². The van der Waals surface area contributed by atoms with Crippen LogP contribution in [0.4, 0.5) is 21.5 Å². The molecule has 0 spiro atoms. The maximum Gasteiger partial charge on any atom is 0.253 e. The number of fused-ring (bicyclic) bond motifs is 1. The van der Waals surface area contributed by atoms with E-state index < -0.39 is 11.9 Å². The average Bonchev–Trinajstić information content (AvgIpc) is 3.58. The quantitative estimate of drug-likeness (QED) is 0.145. The Kier molecular flexibility index (Phi) is 9.70. The van der Waals surface area contributed by atoms with Crippen molar-refractivity contribution >= 4 is 57.1 Å². The lowest BCUT2D eigenvalue weighted by Crippen LogP contribution is -2.52. The van der Waals surface area contributed by atoms with Crippen molar-refractivity contribution < 1.29 is 9.18 Å². The molecule has 0 bridgehead atoms. The van der Waals surface area contributed by atoms with E-state index in [4.69, 9.17) is 23.2 Å². The Balaban J connectivity index is 1.25. The van der Waals surface area contributed by atoms with E-state index >= 15 is 0 Å². The molecule has 7 rings (SSSR count). The Labute approximate surface area is 307 Å². The molecule has 0 radical (unpaired) electrons. The lowest BCUT2D eigenvalue weighted by Gasteiger charge is -2.42. The summed E-state index contributed by atoms with van der Waals surface area (Å²) in [5.74, 6) is -0.530. The molecule has 1 atom stereocenters. The molecule has 4 heterocycles. The number of anilines is 3. The summed E-state index contributed by atoms with van der Waals surface area (Å²) in [5, 5.41) is 20.0. The van der Waals surface area contributed by atoms with Gasteiger partial charge in [-0.25, -0.2) is 4.39 Å². The normalized spacial score (nSPS) is 17.4. The van der Waals surface area contributed by atoms with Gasteiger partial charge in [-0.3, -0.25) is 19.7 Å². The molecular weight excluding hydrogens is 688 g/mol. The van der Waals surface area contributed by atoms with Crippen LogP contribution in [0.3, 0.4) is 0 Å². The number of rotatable bonds is 8. The molecule has 4 aromatic rings. The molecule has 13 heteroatoms. The molecule has 3 aliphatic heterocycles. The van der Waals surface area contributed by atoms with Gasteiger partial charge in [-0.15, -0.1) is 5.53 Å². The SMILES string of the molecule is CC(C)(C)N1CCC(N2C=C([C@@H](Nc3cc(Cl)c4ncc(C#N)c(Nc5ccc(F)c(Cl)c5)c4c3)c3cccc(C(=O)N4CCC4)c3)NN2)CC1. The van der Waals surface area contributed by atoms with Crippen LogP contribution in [0, 0.1) is 17.1 Å². The van der Waals surface area contributed by atoms with Gasteiger partial charge in [0.05, 0.1) is 38.6 Å². The van der Waals surface area contributed by atoms with Crippen molar-refractivity contribution in [3.63, 3.8) is 0 Å². The van der Waals surface area contributed by atoms with E-state index in [0.717, 1.165) is 56.7 Å². The molecule has 3 aliphatic rings. The van der Waals surface area contributed by atoms with Crippen LogP contribution in [0.5, 0.6) is 0 Å². The van der Waals surface area contributed by atoms with E-state index in [1.54, 1.807) is 12.1 Å². The van der Waals surface area contributed by atoms with Crippen molar-refractivity contribution in [3.05, 3.63) is 105 Å². The maximum atomic E-state index is 14.0. The second-order valence-corrected chi connectivity index (χ2v) is 15.0. The fourth-order valence-electron chi connectivity index (χ4n) is 6.84. The largest absolute Gasteiger partial charge is 0.373 e. The Morgan fingerprint density at radius 2 is 1.80 bits per heavy atom. The van der Waals surface area contributed by atoms with Crippen LogP contribution >= 0.6 is 23.2 Å². The first-order valence-corrected chi connectivity index (χ1v) is 17.9. The van der Waals surface area contributed by atoms with Gasteiger partial charge in [0.25, 0.3) is 5.91 Å². The number of hydrogen-bond acceptors (Lipinski definition) is 9. The Bertz CT molecular complexity index is 2050. The summed E-state index contributed by atoms with van der Waals surface area (Å²) in [6, 6.07) is 17.7. The molecule has 4 N–H and O–H groups in total. The van der Waals surface area contributed by atoms with Crippen LogP contribution in [0.25, 0.3) is 10.9 Å². The number of nitrogens with one attached hydrogen (secondary N) is 4. The van der Waals surface area contributed by atoms with Gasteiger partial charge in [0.1, 0.15) is 11.9 Å². The van der Waals surface area contributed by atoms with E-state index in [9.17, 15) is 14.4 Å². The van der Waals surface area contributed by atoms with Crippen molar-refractivity contribution in [3.8, 4) is 6.07 Å². The average molecular weight is 729 g/mol. The number of pyridine rings is 1. The maximum absolute atomic E-state index is 14.0. The van der Waals surface area contributed by atoms with Gasteiger partial charge in [0, 0.05) is 72.5 Å². The fourth-order valence-corrected chi connectivity index (χ4v) is 7.29. The zero-order valence-corrected chi connectivity index (χ0v) is 30.2. The number of carbonyl (C=O) groups is 1. The van der Waals surface area contributed by atoms with Gasteiger partial charge in [-0.2, -0.15) is 5.26 Å². The van der Waals surface area contributed by atoms with Crippen molar-refractivity contribution in [1.29, 1.82) is 5.26 Å². The molecule has 10 nitrogen and oxygen atoms in total. The van der Waals surface area contributed by atoms with E-state index in [1.165, 1.54) is 18.3 Å². The smallest absolute Gasteiger partial charge is 0.253 e. The highest BCUT2D eigenvalue weighted by Crippen LogP contribution is 2.38. The number of likely N-dealkylation sites (tertiary alicyclic amines) is 2. The van der Waals surface area contributed by atoms with E-state index in [2.05, 4.69) is 69.5 Å². The van der Waals surface area contributed by atoms with Gasteiger partial charge in [-0.05, 0) is 88.1 Å². The molecule has 264 valence electrons. The summed E-state index contributed by atoms with van der Waals surface area (Å²) in [6.07, 6.45) is 6.59. The third-order valence-corrected chi connectivity index (χ3v) is 10.5. The summed E-state index contributed by atoms with van der Waals surface area (Å²) in [4.78, 5) is 22.1. The highest BCUT2D eigenvalue weighted by Gasteiger charge is 2.32. The minimum atomic E-state index is -0.545. The standard InChI is InChI=1S/C38H40Cl2FN9O/c1-38(2,3)49-14-10-28(11-15-49)50-22-33(46-47-50)35(23-6-4-7-24(16-23)37(51)48-12-5-13-48)45-27-17-29-34(44-26-8-9-32(41)30(39)18-26)25(20-42)21-43-36(29)31(40)19-27/h4,6-9,16-19,21-22,28,35,45-47H,5,10-15H2,1-3H3,(H,43,44)/t35-/m0/s1. The second-order valence-electron chi connectivity index (χ2n) is 14.2. The third kappa shape index (κ3) is 7.28. The van der Waals surface area contributed by atoms with Crippen LogP contribution < -0.4 is 21.6 Å². The van der Waals surface area contributed by atoms with Crippen molar-refractivity contribution in [2.75, 3.05) is 36.8 Å². The van der Waals surface area contributed by atoms with Gasteiger partial charge in [0.15, 0.2) is 0 Å². The molecular formula is C38H40Cl2FN9O. The number of amides is 1. The minimum Gasteiger partial charge on any atom is -0.373 e. The Morgan fingerprint density at radius 3 is 2.49 bits per heavy atom. The fraction of sp³-hybridized carbons (Fsp3) is 0.342. The molecule has 2 fully saturated rings. The first kappa shape index (κ1) is 34.8. The molecule has 0 aliphatic carbocycles. The van der Waals surface area contributed by atoms with Crippen LogP contribution in [-0.2, 0) is 0 Å². The minimum absolute atomic E-state index is 0.0149. The first-order valence-electron chi connectivity index (χ1n) is 17.2. The molecule has 51 heavy (non-hydrogen) atoms. The summed E-state index contributed by atoms with van der Waals surface area (Å²) in [7, 11) is 0. The molecule has 1 aromatic heterocycles. The van der Waals surface area contributed by atoms with Crippen LogP contribution in [0.2, 0.25) is 10.0 Å². The van der Waals surface area contributed by atoms with Gasteiger partial charge in [-0.1, -0.05) is 35.3 Å². The van der Waals surface area contributed by atoms with E-state index in [1.807, 2.05) is 35.2 Å². The Morgan fingerprint density at radius 1 is 1.04 bits per heavy atom. The summed E-state index contributed by atoms with van der Waals surface area (Å²) >= 11 is 12.9. The second kappa shape index (κ2) is 14.2. The summed E-state index contributed by atoms with van der Waals surface area (Å²) in [6.45, 7) is 10.3. The number of aromatic nitrogens is 1. The summed E-state index contributed by atoms with van der Waals surface area (Å²) in [5.41, 5.74) is 11.7. The lowest BCUT2D eigenvalue weighted by atomic mass is 9.97.